The lowest BCUT2D eigenvalue weighted by atomic mass is 9.72. The molecule has 5 heteroatoms. The molecule has 0 spiro atoms. The van der Waals surface area contributed by atoms with E-state index in [0.29, 0.717) is 30.6 Å². The SMILES string of the molecule is CC(=O)C1SNC(C2CCCC(C(F)F)C2)C1C1CC1. The summed E-state index contributed by atoms with van der Waals surface area (Å²) in [4.78, 5) is 11.8. The van der Waals surface area contributed by atoms with Crippen LogP contribution in [0.4, 0.5) is 8.78 Å². The number of hydrogen-bond acceptors (Lipinski definition) is 3. The van der Waals surface area contributed by atoms with Gasteiger partial charge in [-0.3, -0.25) is 9.52 Å². The van der Waals surface area contributed by atoms with Gasteiger partial charge < -0.3 is 0 Å². The monoisotopic (exact) mass is 303 g/mol. The Morgan fingerprint density at radius 1 is 1.20 bits per heavy atom. The van der Waals surface area contributed by atoms with Gasteiger partial charge in [0.15, 0.2) is 0 Å². The molecule has 0 amide bonds. The molecule has 5 unspecified atom stereocenters. The predicted octanol–water partition coefficient (Wildman–Crippen LogP) is 3.66. The first-order valence-electron chi connectivity index (χ1n) is 7.77. The maximum atomic E-state index is 13.0. The fourth-order valence-electron chi connectivity index (χ4n) is 4.11. The van der Waals surface area contributed by atoms with E-state index in [1.807, 2.05) is 0 Å². The Balaban J connectivity index is 1.70. The van der Waals surface area contributed by atoms with E-state index in [9.17, 15) is 13.6 Å². The van der Waals surface area contributed by atoms with Gasteiger partial charge in [0.25, 0.3) is 0 Å². The lowest BCUT2D eigenvalue weighted by molar-refractivity contribution is -0.117. The van der Waals surface area contributed by atoms with Crippen LogP contribution in [-0.4, -0.2) is 23.5 Å². The maximum absolute atomic E-state index is 13.0. The van der Waals surface area contributed by atoms with Gasteiger partial charge in [-0.2, -0.15) is 0 Å². The van der Waals surface area contributed by atoms with Crippen LogP contribution in [0.25, 0.3) is 0 Å². The second kappa shape index (κ2) is 5.91. The zero-order valence-corrected chi connectivity index (χ0v) is 12.7. The minimum absolute atomic E-state index is 0.0411. The third-order valence-electron chi connectivity index (χ3n) is 5.28. The third kappa shape index (κ3) is 2.89. The highest BCUT2D eigenvalue weighted by Gasteiger charge is 2.50. The van der Waals surface area contributed by atoms with Gasteiger partial charge in [-0.15, -0.1) is 0 Å². The highest BCUT2D eigenvalue weighted by Crippen LogP contribution is 2.50. The molecule has 0 aromatic carbocycles. The lowest BCUT2D eigenvalue weighted by Crippen LogP contribution is -2.41. The minimum Gasteiger partial charge on any atom is -0.299 e. The molecule has 5 atom stereocenters. The summed E-state index contributed by atoms with van der Waals surface area (Å²) in [7, 11) is 0. The van der Waals surface area contributed by atoms with Crippen LogP contribution in [0.1, 0.15) is 45.4 Å². The number of alkyl halides is 2. The maximum Gasteiger partial charge on any atom is 0.241 e. The second-order valence-electron chi connectivity index (χ2n) is 6.73. The topological polar surface area (TPSA) is 29.1 Å². The Labute approximate surface area is 123 Å². The van der Waals surface area contributed by atoms with E-state index in [1.165, 1.54) is 12.8 Å². The first-order chi connectivity index (χ1) is 9.58. The Morgan fingerprint density at radius 3 is 2.55 bits per heavy atom. The summed E-state index contributed by atoms with van der Waals surface area (Å²) in [5, 5.41) is 0.0411. The average molecular weight is 303 g/mol. The smallest absolute Gasteiger partial charge is 0.241 e. The Kier molecular flexibility index (Phi) is 4.37. The Morgan fingerprint density at radius 2 is 1.95 bits per heavy atom. The van der Waals surface area contributed by atoms with Crippen molar-refractivity contribution in [1.82, 2.24) is 4.72 Å². The van der Waals surface area contributed by atoms with Crippen molar-refractivity contribution in [3.05, 3.63) is 0 Å². The zero-order valence-electron chi connectivity index (χ0n) is 11.9. The van der Waals surface area contributed by atoms with Crippen molar-refractivity contribution in [2.75, 3.05) is 0 Å². The van der Waals surface area contributed by atoms with Gasteiger partial charge in [0.2, 0.25) is 6.43 Å². The van der Waals surface area contributed by atoms with Crippen LogP contribution < -0.4 is 4.72 Å². The molecule has 2 aliphatic carbocycles. The van der Waals surface area contributed by atoms with E-state index < -0.39 is 12.3 Å². The Bertz CT molecular complexity index is 375. The first kappa shape index (κ1) is 14.8. The number of hydrogen-bond donors (Lipinski definition) is 1. The summed E-state index contributed by atoms with van der Waals surface area (Å²) < 4.78 is 29.4. The highest BCUT2D eigenvalue weighted by molar-refractivity contribution is 7.99. The molecule has 2 saturated carbocycles. The number of rotatable bonds is 4. The zero-order chi connectivity index (χ0) is 14.3. The van der Waals surface area contributed by atoms with Crippen molar-refractivity contribution in [2.24, 2.45) is 23.7 Å². The molecule has 0 radical (unpaired) electrons. The van der Waals surface area contributed by atoms with E-state index in [4.69, 9.17) is 0 Å². The summed E-state index contributed by atoms with van der Waals surface area (Å²) in [6.07, 6.45) is 3.47. The van der Waals surface area contributed by atoms with Crippen molar-refractivity contribution in [3.8, 4) is 0 Å². The molecule has 114 valence electrons. The van der Waals surface area contributed by atoms with Crippen LogP contribution in [0.3, 0.4) is 0 Å². The highest BCUT2D eigenvalue weighted by atomic mass is 32.2. The van der Waals surface area contributed by atoms with Crippen LogP contribution in [-0.2, 0) is 4.79 Å². The number of carbonyl (C=O) groups excluding carboxylic acids is 1. The summed E-state index contributed by atoms with van der Waals surface area (Å²) in [5.74, 6) is 1.15. The molecular weight excluding hydrogens is 280 g/mol. The van der Waals surface area contributed by atoms with E-state index >= 15 is 0 Å². The van der Waals surface area contributed by atoms with E-state index in [1.54, 1.807) is 18.9 Å². The Hall–Kier alpha value is -0.160. The average Bonchev–Trinajstić information content (AvgIpc) is 3.16. The molecule has 20 heavy (non-hydrogen) atoms. The normalized spacial score (nSPS) is 42.1. The molecule has 1 N–H and O–H groups in total. The molecule has 0 bridgehead atoms. The quantitative estimate of drug-likeness (QED) is 0.804. The van der Waals surface area contributed by atoms with Crippen LogP contribution in [0.5, 0.6) is 0 Å². The van der Waals surface area contributed by atoms with Crippen LogP contribution >= 0.6 is 11.9 Å². The van der Waals surface area contributed by atoms with E-state index in [2.05, 4.69) is 4.72 Å². The summed E-state index contributed by atoms with van der Waals surface area (Å²) >= 11 is 1.55. The van der Waals surface area contributed by atoms with Crippen molar-refractivity contribution in [1.29, 1.82) is 0 Å². The van der Waals surface area contributed by atoms with Gasteiger partial charge in [-0.1, -0.05) is 18.4 Å². The molecule has 1 aliphatic heterocycles. The van der Waals surface area contributed by atoms with Gasteiger partial charge in [0, 0.05) is 12.0 Å². The number of ketones is 1. The number of halogens is 2. The standard InChI is InChI=1S/C15H23F2NOS/c1-8(19)14-12(9-5-6-9)13(18-20-14)10-3-2-4-11(7-10)15(16)17/h9-15,18H,2-7H2,1H3. The number of carbonyl (C=O) groups is 1. The van der Waals surface area contributed by atoms with Gasteiger partial charge in [0.05, 0.1) is 5.25 Å². The molecule has 3 rings (SSSR count). The molecule has 3 fully saturated rings. The van der Waals surface area contributed by atoms with Crippen molar-refractivity contribution >= 4 is 17.7 Å². The van der Waals surface area contributed by atoms with Crippen LogP contribution in [0.15, 0.2) is 0 Å². The fourth-order valence-corrected chi connectivity index (χ4v) is 5.47. The third-order valence-corrected chi connectivity index (χ3v) is 6.59. The molecule has 0 aromatic heterocycles. The van der Waals surface area contributed by atoms with Crippen molar-refractivity contribution in [2.45, 2.75) is 63.2 Å². The van der Waals surface area contributed by atoms with Gasteiger partial charge in [-0.25, -0.2) is 8.78 Å². The van der Waals surface area contributed by atoms with Gasteiger partial charge >= 0.3 is 0 Å². The molecule has 2 nitrogen and oxygen atoms in total. The molecular formula is C15H23F2NOS. The fraction of sp³-hybridized carbons (Fsp3) is 0.933. The van der Waals surface area contributed by atoms with Gasteiger partial charge in [0.1, 0.15) is 5.78 Å². The van der Waals surface area contributed by atoms with Crippen molar-refractivity contribution in [3.63, 3.8) is 0 Å². The molecule has 0 aromatic rings. The summed E-state index contributed by atoms with van der Waals surface area (Å²) in [5.41, 5.74) is 0. The van der Waals surface area contributed by atoms with E-state index in [0.717, 1.165) is 12.8 Å². The first-order valence-corrected chi connectivity index (χ1v) is 8.65. The summed E-state index contributed by atoms with van der Waals surface area (Å²) in [6, 6.07) is 0.267. The summed E-state index contributed by atoms with van der Waals surface area (Å²) in [6.45, 7) is 1.67. The van der Waals surface area contributed by atoms with E-state index in [-0.39, 0.29) is 17.1 Å². The second-order valence-corrected chi connectivity index (χ2v) is 7.71. The van der Waals surface area contributed by atoms with Gasteiger partial charge in [-0.05, 0) is 56.8 Å². The van der Waals surface area contributed by atoms with Crippen molar-refractivity contribution < 1.29 is 13.6 Å². The number of Topliss-reactive ketones (excluding diaryl/α,β-unsaturated/α-hetero) is 1. The largest absolute Gasteiger partial charge is 0.299 e. The van der Waals surface area contributed by atoms with Crippen LogP contribution in [0, 0.1) is 23.7 Å². The van der Waals surface area contributed by atoms with Crippen LogP contribution in [0.2, 0.25) is 0 Å². The predicted molar refractivity (Wildman–Crippen MR) is 76.6 cm³/mol. The minimum atomic E-state index is -2.19. The molecule has 1 heterocycles. The molecule has 3 aliphatic rings. The number of nitrogens with one attached hydrogen (secondary N) is 1. The lowest BCUT2D eigenvalue weighted by Gasteiger charge is -2.35. The molecule has 1 saturated heterocycles.